The van der Waals surface area contributed by atoms with E-state index < -0.39 is 5.92 Å². The highest BCUT2D eigenvalue weighted by Crippen LogP contribution is 2.48. The van der Waals surface area contributed by atoms with Crippen LogP contribution in [0.2, 0.25) is 0 Å². The van der Waals surface area contributed by atoms with Gasteiger partial charge in [-0.1, -0.05) is 24.3 Å². The minimum Gasteiger partial charge on any atom is -0.493 e. The topological polar surface area (TPSA) is 83.1 Å². The molecule has 1 heterocycles. The number of Topliss-reactive ketones (excluding diaryl/α,β-unsaturated/α-hetero) is 1. The second-order valence-corrected chi connectivity index (χ2v) is 11.1. The predicted octanol–water partition coefficient (Wildman–Crippen LogP) is 6.34. The summed E-state index contributed by atoms with van der Waals surface area (Å²) in [5, 5.41) is 3.46. The molecule has 0 unspecified atom stereocenters. The molecule has 2 aliphatic carbocycles. The summed E-state index contributed by atoms with van der Waals surface area (Å²) >= 11 is 0. The van der Waals surface area contributed by atoms with E-state index in [1.54, 1.807) is 14.2 Å². The molecular formula is C33H39NO6. The number of allylic oxidation sites excluding steroid dienone is 3. The Hall–Kier alpha value is -3.74. The fraction of sp³-hybridized carbons (Fsp3) is 0.455. The van der Waals surface area contributed by atoms with Crippen LogP contribution in [-0.2, 0) is 14.3 Å². The average Bonchev–Trinajstić information content (AvgIpc) is 3.44. The Bertz CT molecular complexity index is 1350. The number of benzene rings is 2. The molecule has 7 heteroatoms. The number of esters is 1. The van der Waals surface area contributed by atoms with Crippen molar-refractivity contribution in [3.63, 3.8) is 0 Å². The van der Waals surface area contributed by atoms with E-state index in [1.807, 2.05) is 63.2 Å². The Morgan fingerprint density at radius 3 is 2.38 bits per heavy atom. The molecule has 1 aliphatic heterocycles. The minimum atomic E-state index is -0.570. The smallest absolute Gasteiger partial charge is 0.337 e. The van der Waals surface area contributed by atoms with Crippen molar-refractivity contribution in [2.24, 2.45) is 0 Å². The van der Waals surface area contributed by atoms with Crippen molar-refractivity contribution in [3.8, 4) is 17.2 Å². The molecule has 0 saturated heterocycles. The fourth-order valence-electron chi connectivity index (χ4n) is 6.26. The maximum atomic E-state index is 14.1. The summed E-state index contributed by atoms with van der Waals surface area (Å²) in [6.45, 7) is 5.85. The first-order valence-electron chi connectivity index (χ1n) is 14.2. The first-order chi connectivity index (χ1) is 19.3. The molecule has 1 saturated carbocycles. The number of rotatable bonds is 8. The van der Waals surface area contributed by atoms with Gasteiger partial charge in [-0.15, -0.1) is 0 Å². The van der Waals surface area contributed by atoms with E-state index in [0.29, 0.717) is 46.9 Å². The maximum Gasteiger partial charge on any atom is 0.337 e. The molecule has 0 bridgehead atoms. The Balaban J connectivity index is 1.57. The first kappa shape index (κ1) is 27.8. The largest absolute Gasteiger partial charge is 0.493 e. The number of para-hydroxylation sites is 1. The van der Waals surface area contributed by atoms with Gasteiger partial charge >= 0.3 is 5.97 Å². The van der Waals surface area contributed by atoms with Crippen LogP contribution in [0.3, 0.4) is 0 Å². The van der Waals surface area contributed by atoms with Gasteiger partial charge in [0, 0.05) is 29.0 Å². The molecule has 0 amide bonds. The minimum absolute atomic E-state index is 0.0107. The zero-order chi connectivity index (χ0) is 28.4. The molecule has 0 aromatic heterocycles. The summed E-state index contributed by atoms with van der Waals surface area (Å²) in [4.78, 5) is 27.8. The molecule has 2 atom stereocenters. The van der Waals surface area contributed by atoms with Crippen molar-refractivity contribution in [2.45, 2.75) is 83.3 Å². The van der Waals surface area contributed by atoms with Crippen LogP contribution in [0.4, 0.5) is 0 Å². The zero-order valence-electron chi connectivity index (χ0n) is 24.0. The van der Waals surface area contributed by atoms with E-state index in [4.69, 9.17) is 18.9 Å². The van der Waals surface area contributed by atoms with E-state index in [-0.39, 0.29) is 29.9 Å². The molecule has 3 aliphatic rings. The number of carbonyl (C=O) groups excluding carboxylic acids is 2. The molecule has 7 nitrogen and oxygen atoms in total. The van der Waals surface area contributed by atoms with Crippen molar-refractivity contribution >= 4 is 11.8 Å². The lowest BCUT2D eigenvalue weighted by atomic mass is 9.71. The number of methoxy groups -OCH3 is 2. The number of ether oxygens (including phenoxy) is 4. The van der Waals surface area contributed by atoms with E-state index in [9.17, 15) is 9.59 Å². The van der Waals surface area contributed by atoms with Crippen molar-refractivity contribution in [2.75, 3.05) is 14.2 Å². The zero-order valence-corrected chi connectivity index (χ0v) is 24.0. The van der Waals surface area contributed by atoms with Crippen LogP contribution in [0.5, 0.6) is 17.2 Å². The van der Waals surface area contributed by atoms with Crippen LogP contribution in [0.1, 0.15) is 82.3 Å². The van der Waals surface area contributed by atoms with Gasteiger partial charge in [0.05, 0.1) is 31.8 Å². The Labute approximate surface area is 236 Å². The van der Waals surface area contributed by atoms with E-state index in [2.05, 4.69) is 5.32 Å². The van der Waals surface area contributed by atoms with Crippen LogP contribution in [0.25, 0.3) is 0 Å². The second-order valence-electron chi connectivity index (χ2n) is 11.1. The summed E-state index contributed by atoms with van der Waals surface area (Å²) in [7, 11) is 3.22. The molecule has 2 aromatic carbocycles. The van der Waals surface area contributed by atoms with Gasteiger partial charge in [0.1, 0.15) is 11.9 Å². The summed E-state index contributed by atoms with van der Waals surface area (Å²) in [5.41, 5.74) is 4.49. The van der Waals surface area contributed by atoms with Crippen LogP contribution < -0.4 is 19.5 Å². The van der Waals surface area contributed by atoms with Gasteiger partial charge in [0.2, 0.25) is 0 Å². The van der Waals surface area contributed by atoms with E-state index in [1.165, 1.54) is 0 Å². The third kappa shape index (κ3) is 5.47. The van der Waals surface area contributed by atoms with Gasteiger partial charge in [0.25, 0.3) is 0 Å². The summed E-state index contributed by atoms with van der Waals surface area (Å²) in [6.07, 6.45) is 4.69. The van der Waals surface area contributed by atoms with Crippen molar-refractivity contribution in [1.82, 2.24) is 5.32 Å². The Morgan fingerprint density at radius 1 is 0.950 bits per heavy atom. The highest BCUT2D eigenvalue weighted by Gasteiger charge is 2.43. The van der Waals surface area contributed by atoms with Crippen molar-refractivity contribution < 1.29 is 28.5 Å². The Kier molecular flexibility index (Phi) is 8.19. The van der Waals surface area contributed by atoms with Crippen LogP contribution in [0.15, 0.2) is 65.0 Å². The van der Waals surface area contributed by atoms with Crippen molar-refractivity contribution in [1.29, 1.82) is 0 Å². The number of dihydropyridines is 1. The number of hydrogen-bond donors (Lipinski definition) is 1. The van der Waals surface area contributed by atoms with E-state index in [0.717, 1.165) is 42.5 Å². The lowest BCUT2D eigenvalue weighted by molar-refractivity contribution is -0.144. The van der Waals surface area contributed by atoms with Gasteiger partial charge < -0.3 is 24.3 Å². The van der Waals surface area contributed by atoms with Gasteiger partial charge in [-0.3, -0.25) is 4.79 Å². The highest BCUT2D eigenvalue weighted by atomic mass is 16.5. The Morgan fingerprint density at radius 2 is 1.68 bits per heavy atom. The van der Waals surface area contributed by atoms with Gasteiger partial charge in [-0.2, -0.15) is 0 Å². The third-order valence-electron chi connectivity index (χ3n) is 8.10. The fourth-order valence-corrected chi connectivity index (χ4v) is 6.26. The summed E-state index contributed by atoms with van der Waals surface area (Å²) in [6, 6.07) is 13.5. The normalized spacial score (nSPS) is 21.3. The number of carbonyl (C=O) groups is 2. The van der Waals surface area contributed by atoms with Crippen molar-refractivity contribution in [3.05, 3.63) is 76.1 Å². The van der Waals surface area contributed by atoms with Crippen LogP contribution >= 0.6 is 0 Å². The molecule has 212 valence electrons. The van der Waals surface area contributed by atoms with Crippen LogP contribution in [0, 0.1) is 0 Å². The molecule has 1 N–H and O–H groups in total. The molecule has 5 rings (SSSR count). The number of hydrogen-bond acceptors (Lipinski definition) is 7. The number of nitrogens with one attached hydrogen (secondary N) is 1. The SMILES string of the molecule is COc1ccc([C@H]2CC(=O)C3=C(C2)NC(C)=C(C(=O)OC2CCCC2)[C@H]3c2ccccc2OC(C)C)cc1OC. The first-order valence-corrected chi connectivity index (χ1v) is 14.2. The van der Waals surface area contributed by atoms with Gasteiger partial charge in [0.15, 0.2) is 17.3 Å². The van der Waals surface area contributed by atoms with Gasteiger partial charge in [-0.05, 0) is 82.6 Å². The molecule has 0 spiro atoms. The lowest BCUT2D eigenvalue weighted by Gasteiger charge is -2.37. The maximum absolute atomic E-state index is 14.1. The standard InChI is InChI=1S/C33H39NO6/c1-19(2)39-27-13-9-8-12-24(27)31-30(33(36)40-23-10-6-7-11-23)20(3)34-25-16-22(17-26(35)32(25)31)21-14-15-28(37-4)29(18-21)38-5/h8-9,12-15,18-19,22-23,31,34H,6-7,10-11,16-17H2,1-5H3/t22-,31-/m1/s1. The summed E-state index contributed by atoms with van der Waals surface area (Å²) in [5.74, 6) is 0.994. The second kappa shape index (κ2) is 11.8. The summed E-state index contributed by atoms with van der Waals surface area (Å²) < 4.78 is 23.1. The molecule has 0 radical (unpaired) electrons. The lowest BCUT2D eigenvalue weighted by Crippen LogP contribution is -2.36. The van der Waals surface area contributed by atoms with Gasteiger partial charge in [-0.25, -0.2) is 4.79 Å². The molecule has 40 heavy (non-hydrogen) atoms. The predicted molar refractivity (Wildman–Crippen MR) is 153 cm³/mol. The number of ketones is 1. The average molecular weight is 546 g/mol. The molecule has 1 fully saturated rings. The highest BCUT2D eigenvalue weighted by molar-refractivity contribution is 6.04. The third-order valence-corrected chi connectivity index (χ3v) is 8.10. The van der Waals surface area contributed by atoms with E-state index >= 15 is 0 Å². The van der Waals surface area contributed by atoms with Crippen LogP contribution in [-0.4, -0.2) is 38.2 Å². The molecular weight excluding hydrogens is 506 g/mol. The quantitative estimate of drug-likeness (QED) is 0.388. The monoisotopic (exact) mass is 545 g/mol. The molecule has 2 aromatic rings.